The number of nitrogens with zero attached hydrogens (tertiary/aromatic N) is 1. The fraction of sp³-hybridized carbons (Fsp3) is 0.208. The second kappa shape index (κ2) is 10.8. The van der Waals surface area contributed by atoms with Crippen molar-refractivity contribution in [2.75, 3.05) is 6.61 Å². The maximum Gasteiger partial charge on any atom is 0.344 e. The van der Waals surface area contributed by atoms with E-state index in [1.807, 2.05) is 0 Å². The lowest BCUT2D eigenvalue weighted by atomic mass is 10.1. The van der Waals surface area contributed by atoms with Crippen molar-refractivity contribution >= 4 is 34.8 Å². The summed E-state index contributed by atoms with van der Waals surface area (Å²) >= 11 is 1.03. The van der Waals surface area contributed by atoms with Crippen LogP contribution in [0.15, 0.2) is 69.8 Å². The lowest BCUT2D eigenvalue weighted by molar-refractivity contribution is -0.138. The Labute approximate surface area is 189 Å². The number of thioether (sulfide) groups is 1. The maximum absolute atomic E-state index is 13.7. The highest BCUT2D eigenvalue weighted by Crippen LogP contribution is 2.39. The van der Waals surface area contributed by atoms with Gasteiger partial charge in [0, 0.05) is 12.0 Å². The summed E-state index contributed by atoms with van der Waals surface area (Å²) in [6.45, 7) is 3.54. The number of carbonyl (C=O) groups excluding carboxylic acids is 2. The predicted molar refractivity (Wildman–Crippen MR) is 122 cm³/mol. The van der Waals surface area contributed by atoms with Gasteiger partial charge in [0.1, 0.15) is 34.5 Å². The standard InChI is InChI=1S/C24H22FNO5S/c1-3-20(27)26-23-21(24(29)30-4-2)22(28)19(32-23)13-15-9-11-17(12-10-15)31-14-16-7-5-6-8-18(16)25/h5-13,28H,3-4,14H2,1-2H3/b19-13-,26-23?. The van der Waals surface area contributed by atoms with Crippen LogP contribution in [0.1, 0.15) is 31.4 Å². The number of hydrogen-bond acceptors (Lipinski definition) is 6. The third-order valence-electron chi connectivity index (χ3n) is 4.43. The number of esters is 1. The number of amides is 1. The zero-order valence-electron chi connectivity index (χ0n) is 17.6. The Morgan fingerprint density at radius 1 is 1.12 bits per heavy atom. The van der Waals surface area contributed by atoms with E-state index in [0.717, 1.165) is 17.3 Å². The van der Waals surface area contributed by atoms with Crippen molar-refractivity contribution in [1.82, 2.24) is 0 Å². The van der Waals surface area contributed by atoms with Crippen LogP contribution in [0.5, 0.6) is 5.75 Å². The molecule has 0 bridgehead atoms. The molecule has 1 aliphatic rings. The van der Waals surface area contributed by atoms with E-state index in [-0.39, 0.29) is 41.8 Å². The molecule has 1 amide bonds. The molecule has 1 aliphatic heterocycles. The summed E-state index contributed by atoms with van der Waals surface area (Å²) in [5, 5.41) is 10.7. The zero-order valence-corrected chi connectivity index (χ0v) is 18.4. The number of aliphatic hydroxyl groups is 1. The van der Waals surface area contributed by atoms with Crippen molar-refractivity contribution in [3.63, 3.8) is 0 Å². The highest BCUT2D eigenvalue weighted by atomic mass is 32.2. The summed E-state index contributed by atoms with van der Waals surface area (Å²) in [5.74, 6) is -1.20. The fourth-order valence-electron chi connectivity index (χ4n) is 2.77. The first-order valence-corrected chi connectivity index (χ1v) is 10.8. The Hall–Kier alpha value is -3.39. The van der Waals surface area contributed by atoms with Crippen molar-refractivity contribution in [2.24, 2.45) is 4.99 Å². The number of rotatable bonds is 7. The monoisotopic (exact) mass is 455 g/mol. The molecule has 0 saturated carbocycles. The molecule has 166 valence electrons. The van der Waals surface area contributed by atoms with Crippen molar-refractivity contribution < 1.29 is 28.6 Å². The number of halogens is 1. The van der Waals surface area contributed by atoms with Crippen LogP contribution >= 0.6 is 11.8 Å². The van der Waals surface area contributed by atoms with Gasteiger partial charge in [-0.15, -0.1) is 0 Å². The molecule has 0 fully saturated rings. The minimum atomic E-state index is -0.736. The first-order chi connectivity index (χ1) is 15.4. The van der Waals surface area contributed by atoms with E-state index in [2.05, 4.69) is 4.99 Å². The lowest BCUT2D eigenvalue weighted by Gasteiger charge is -2.07. The van der Waals surface area contributed by atoms with Crippen LogP contribution in [0.4, 0.5) is 4.39 Å². The molecule has 32 heavy (non-hydrogen) atoms. The van der Waals surface area contributed by atoms with Gasteiger partial charge in [0.2, 0.25) is 5.91 Å². The second-order valence-electron chi connectivity index (χ2n) is 6.67. The van der Waals surface area contributed by atoms with Crippen LogP contribution in [-0.4, -0.2) is 28.6 Å². The molecular formula is C24H22FNO5S. The molecule has 2 aromatic rings. The first kappa shape index (κ1) is 23.3. The SMILES string of the molecule is CCOC(=O)C1=C(O)/C(=C/c2ccc(OCc3ccccc3F)cc2)SC1=NC(=O)CC. The number of carbonyl (C=O) groups is 2. The summed E-state index contributed by atoms with van der Waals surface area (Å²) in [4.78, 5) is 28.3. The molecular weight excluding hydrogens is 433 g/mol. The number of aliphatic imine (C=N–C) groups is 1. The van der Waals surface area contributed by atoms with Crippen LogP contribution in [0, 0.1) is 5.82 Å². The van der Waals surface area contributed by atoms with Gasteiger partial charge in [0.25, 0.3) is 0 Å². The largest absolute Gasteiger partial charge is 0.506 e. The predicted octanol–water partition coefficient (Wildman–Crippen LogP) is 5.20. The fourth-order valence-corrected chi connectivity index (χ4v) is 3.80. The van der Waals surface area contributed by atoms with Crippen LogP contribution in [0.3, 0.4) is 0 Å². The summed E-state index contributed by atoms with van der Waals surface area (Å²) in [7, 11) is 0. The van der Waals surface area contributed by atoms with E-state index in [9.17, 15) is 19.1 Å². The van der Waals surface area contributed by atoms with Gasteiger partial charge in [0.05, 0.1) is 11.5 Å². The summed E-state index contributed by atoms with van der Waals surface area (Å²) in [6.07, 6.45) is 1.84. The quantitative estimate of drug-likeness (QED) is 0.578. The Balaban J connectivity index is 1.79. The van der Waals surface area contributed by atoms with Crippen LogP contribution in [0.25, 0.3) is 6.08 Å². The minimum absolute atomic E-state index is 0.0979. The highest BCUT2D eigenvalue weighted by molar-refractivity contribution is 8.18. The van der Waals surface area contributed by atoms with Gasteiger partial charge in [-0.1, -0.05) is 49.0 Å². The molecule has 2 aromatic carbocycles. The molecule has 0 atom stereocenters. The average Bonchev–Trinajstić information content (AvgIpc) is 3.08. The van der Waals surface area contributed by atoms with Gasteiger partial charge in [-0.2, -0.15) is 0 Å². The van der Waals surface area contributed by atoms with E-state index < -0.39 is 11.9 Å². The summed E-state index contributed by atoms with van der Waals surface area (Å²) in [5.41, 5.74) is 1.06. The van der Waals surface area contributed by atoms with Crippen molar-refractivity contribution in [3.8, 4) is 5.75 Å². The molecule has 3 rings (SSSR count). The highest BCUT2D eigenvalue weighted by Gasteiger charge is 2.33. The minimum Gasteiger partial charge on any atom is -0.506 e. The third kappa shape index (κ3) is 5.64. The molecule has 0 spiro atoms. The molecule has 8 heteroatoms. The third-order valence-corrected chi connectivity index (χ3v) is 5.45. The molecule has 1 N–H and O–H groups in total. The van der Waals surface area contributed by atoms with Crippen LogP contribution < -0.4 is 4.74 Å². The van der Waals surface area contributed by atoms with Crippen molar-refractivity contribution in [1.29, 1.82) is 0 Å². The van der Waals surface area contributed by atoms with Gasteiger partial charge < -0.3 is 14.6 Å². The normalized spacial score (nSPS) is 16.0. The molecule has 0 radical (unpaired) electrons. The maximum atomic E-state index is 13.7. The van der Waals surface area contributed by atoms with Crippen LogP contribution in [0.2, 0.25) is 0 Å². The Kier molecular flexibility index (Phi) is 7.83. The summed E-state index contributed by atoms with van der Waals surface area (Å²) < 4.78 is 24.3. The topological polar surface area (TPSA) is 85.2 Å². The number of benzene rings is 2. The molecule has 1 heterocycles. The summed E-state index contributed by atoms with van der Waals surface area (Å²) in [6, 6.07) is 13.3. The van der Waals surface area contributed by atoms with Crippen molar-refractivity contribution in [3.05, 3.63) is 81.7 Å². The molecule has 0 saturated heterocycles. The molecule has 0 aliphatic carbocycles. The van der Waals surface area contributed by atoms with Crippen LogP contribution in [-0.2, 0) is 20.9 Å². The van der Waals surface area contributed by atoms with Gasteiger partial charge in [-0.05, 0) is 36.8 Å². The number of aliphatic hydroxyl groups excluding tert-OH is 1. The van der Waals surface area contributed by atoms with E-state index in [1.165, 1.54) is 6.07 Å². The van der Waals surface area contributed by atoms with Gasteiger partial charge >= 0.3 is 5.97 Å². The first-order valence-electron chi connectivity index (χ1n) is 10.0. The molecule has 0 unspecified atom stereocenters. The smallest absolute Gasteiger partial charge is 0.344 e. The van der Waals surface area contributed by atoms with Gasteiger partial charge in [0.15, 0.2) is 0 Å². The number of hydrogen-bond donors (Lipinski definition) is 1. The number of ether oxygens (including phenoxy) is 2. The molecule has 0 aromatic heterocycles. The Bertz CT molecular complexity index is 1110. The lowest BCUT2D eigenvalue weighted by Crippen LogP contribution is -2.14. The van der Waals surface area contributed by atoms with Gasteiger partial charge in [-0.25, -0.2) is 14.2 Å². The zero-order chi connectivity index (χ0) is 23.1. The van der Waals surface area contributed by atoms with E-state index in [4.69, 9.17) is 9.47 Å². The van der Waals surface area contributed by atoms with E-state index in [0.29, 0.717) is 16.2 Å². The van der Waals surface area contributed by atoms with Crippen molar-refractivity contribution in [2.45, 2.75) is 26.9 Å². The second-order valence-corrected chi connectivity index (χ2v) is 7.70. The average molecular weight is 456 g/mol. The van der Waals surface area contributed by atoms with Gasteiger partial charge in [-0.3, -0.25) is 4.79 Å². The van der Waals surface area contributed by atoms with E-state index in [1.54, 1.807) is 62.4 Å². The Morgan fingerprint density at radius 2 is 1.84 bits per heavy atom. The van der Waals surface area contributed by atoms with E-state index >= 15 is 0 Å². The molecule has 6 nitrogen and oxygen atoms in total. The Morgan fingerprint density at radius 3 is 2.50 bits per heavy atom.